The van der Waals surface area contributed by atoms with Gasteiger partial charge in [0.25, 0.3) is 0 Å². The number of hydrogen-bond acceptors (Lipinski definition) is 3. The molecule has 0 heterocycles. The molecule has 0 bridgehead atoms. The molecule has 0 spiro atoms. The van der Waals surface area contributed by atoms with Crippen molar-refractivity contribution in [3.63, 3.8) is 0 Å². The topological polar surface area (TPSA) is 41.5 Å². The van der Waals surface area contributed by atoms with Crippen molar-refractivity contribution >= 4 is 31.9 Å². The van der Waals surface area contributed by atoms with E-state index in [2.05, 4.69) is 56.2 Å². The third-order valence-corrected chi connectivity index (χ3v) is 4.93. The zero-order valence-electron chi connectivity index (χ0n) is 12.4. The van der Waals surface area contributed by atoms with Crippen LogP contribution in [0.4, 0.5) is 0 Å². The van der Waals surface area contributed by atoms with Crippen LogP contribution in [-0.2, 0) is 6.54 Å². The van der Waals surface area contributed by atoms with Gasteiger partial charge < -0.3 is 15.2 Å². The molecule has 0 saturated heterocycles. The highest BCUT2D eigenvalue weighted by atomic mass is 79.9. The number of nitrogens with one attached hydrogen (secondary N) is 1. The number of aliphatic hydroxyl groups excluding tert-OH is 1. The molecule has 2 atom stereocenters. The lowest BCUT2D eigenvalue weighted by Crippen LogP contribution is -2.34. The molecule has 1 aliphatic carbocycles. The molecule has 2 rings (SSSR count). The first-order valence-corrected chi connectivity index (χ1v) is 9.23. The van der Waals surface area contributed by atoms with Gasteiger partial charge in [-0.3, -0.25) is 0 Å². The summed E-state index contributed by atoms with van der Waals surface area (Å²) in [6.45, 7) is 4.02. The third kappa shape index (κ3) is 4.95. The van der Waals surface area contributed by atoms with Crippen molar-refractivity contribution in [2.24, 2.45) is 0 Å². The monoisotopic (exact) mass is 419 g/mol. The molecule has 5 heteroatoms. The van der Waals surface area contributed by atoms with Crippen LogP contribution in [0.25, 0.3) is 0 Å². The quantitative estimate of drug-likeness (QED) is 0.670. The number of benzene rings is 1. The van der Waals surface area contributed by atoms with E-state index in [0.29, 0.717) is 0 Å². The van der Waals surface area contributed by atoms with Gasteiger partial charge in [-0.1, -0.05) is 13.3 Å². The minimum atomic E-state index is -0.358. The van der Waals surface area contributed by atoms with Crippen molar-refractivity contribution in [1.29, 1.82) is 0 Å². The van der Waals surface area contributed by atoms with Gasteiger partial charge in [0, 0.05) is 6.54 Å². The van der Waals surface area contributed by atoms with E-state index in [4.69, 9.17) is 4.74 Å². The third-order valence-electron chi connectivity index (χ3n) is 3.75. The van der Waals surface area contributed by atoms with Crippen molar-refractivity contribution in [2.45, 2.75) is 57.8 Å². The predicted octanol–water partition coefficient (Wildman–Crippen LogP) is 4.39. The first kappa shape index (κ1) is 17.3. The van der Waals surface area contributed by atoms with Crippen LogP contribution in [0.5, 0.6) is 5.75 Å². The fourth-order valence-corrected chi connectivity index (χ4v) is 4.07. The number of rotatable bonds is 6. The Labute approximate surface area is 143 Å². The van der Waals surface area contributed by atoms with Crippen LogP contribution in [0.15, 0.2) is 21.1 Å². The van der Waals surface area contributed by atoms with Crippen molar-refractivity contribution in [1.82, 2.24) is 5.32 Å². The first-order valence-electron chi connectivity index (χ1n) is 7.65. The second-order valence-corrected chi connectivity index (χ2v) is 7.28. The smallest absolute Gasteiger partial charge is 0.148 e. The summed E-state index contributed by atoms with van der Waals surface area (Å²) < 4.78 is 7.91. The molecule has 1 aliphatic rings. The maximum Gasteiger partial charge on any atom is 0.148 e. The minimum Gasteiger partial charge on any atom is -0.485 e. The van der Waals surface area contributed by atoms with E-state index >= 15 is 0 Å². The summed E-state index contributed by atoms with van der Waals surface area (Å²) in [5.41, 5.74) is 1.21. The molecule has 1 saturated carbocycles. The Balaban J connectivity index is 2.05. The molecule has 1 fully saturated rings. The molecule has 0 aromatic heterocycles. The van der Waals surface area contributed by atoms with Gasteiger partial charge in [-0.05, 0) is 81.8 Å². The van der Waals surface area contributed by atoms with Gasteiger partial charge in [-0.15, -0.1) is 0 Å². The molecule has 2 N–H and O–H groups in total. The normalized spacial score (nSPS) is 22.3. The summed E-state index contributed by atoms with van der Waals surface area (Å²) in [6.07, 6.45) is 4.63. The second kappa shape index (κ2) is 8.51. The molecule has 1 aromatic carbocycles. The Bertz CT molecular complexity index is 445. The molecule has 21 heavy (non-hydrogen) atoms. The van der Waals surface area contributed by atoms with E-state index < -0.39 is 0 Å². The summed E-state index contributed by atoms with van der Waals surface area (Å²) in [5.74, 6) is 0.792. The molecule has 3 nitrogen and oxygen atoms in total. The van der Waals surface area contributed by atoms with Crippen molar-refractivity contribution < 1.29 is 9.84 Å². The Kier molecular flexibility index (Phi) is 6.99. The highest BCUT2D eigenvalue weighted by molar-refractivity contribution is 9.11. The predicted molar refractivity (Wildman–Crippen MR) is 92.7 cm³/mol. The lowest BCUT2D eigenvalue weighted by Gasteiger charge is -2.29. The summed E-state index contributed by atoms with van der Waals surface area (Å²) in [7, 11) is 0. The molecule has 0 aliphatic heterocycles. The van der Waals surface area contributed by atoms with Gasteiger partial charge in [0.2, 0.25) is 0 Å². The fraction of sp³-hybridized carbons (Fsp3) is 0.625. The van der Waals surface area contributed by atoms with E-state index in [1.54, 1.807) is 0 Å². The maximum absolute atomic E-state index is 10.0. The minimum absolute atomic E-state index is 0.101. The fourth-order valence-electron chi connectivity index (χ4n) is 2.60. The van der Waals surface area contributed by atoms with Gasteiger partial charge in [0.05, 0.1) is 15.0 Å². The zero-order chi connectivity index (χ0) is 15.2. The second-order valence-electron chi connectivity index (χ2n) is 5.57. The molecule has 1 aromatic rings. The van der Waals surface area contributed by atoms with E-state index in [-0.39, 0.29) is 12.2 Å². The molecule has 2 unspecified atom stereocenters. The number of ether oxygens (including phenoxy) is 1. The van der Waals surface area contributed by atoms with Crippen LogP contribution < -0.4 is 10.1 Å². The summed E-state index contributed by atoms with van der Waals surface area (Å²) >= 11 is 7.18. The number of halogens is 2. The summed E-state index contributed by atoms with van der Waals surface area (Å²) in [4.78, 5) is 0. The van der Waals surface area contributed by atoms with Crippen LogP contribution in [0.3, 0.4) is 0 Å². The summed E-state index contributed by atoms with van der Waals surface area (Å²) in [6, 6.07) is 4.16. The first-order chi connectivity index (χ1) is 10.1. The Morgan fingerprint density at radius 2 is 1.90 bits per heavy atom. The van der Waals surface area contributed by atoms with Crippen LogP contribution in [0.2, 0.25) is 0 Å². The van der Waals surface area contributed by atoms with E-state index in [1.165, 1.54) is 5.56 Å². The maximum atomic E-state index is 10.0. The molecular weight excluding hydrogens is 398 g/mol. The molecule has 0 radical (unpaired) electrons. The highest BCUT2D eigenvalue weighted by Crippen LogP contribution is 2.37. The Morgan fingerprint density at radius 3 is 2.52 bits per heavy atom. The largest absolute Gasteiger partial charge is 0.485 e. The van der Waals surface area contributed by atoms with Crippen LogP contribution >= 0.6 is 31.9 Å². The molecule has 118 valence electrons. The van der Waals surface area contributed by atoms with Crippen molar-refractivity contribution in [3.05, 3.63) is 26.6 Å². The number of aliphatic hydroxyl groups is 1. The average molecular weight is 421 g/mol. The standard InChI is InChI=1S/C16H23Br2NO2/c1-2-7-19-10-11-8-12(17)16(13(18)9-11)21-15-6-4-3-5-14(15)20/h8-9,14-15,19-20H,2-7,10H2,1H3. The summed E-state index contributed by atoms with van der Waals surface area (Å²) in [5, 5.41) is 13.4. The van der Waals surface area contributed by atoms with Gasteiger partial charge in [0.15, 0.2) is 0 Å². The Morgan fingerprint density at radius 1 is 1.24 bits per heavy atom. The SMILES string of the molecule is CCCNCc1cc(Br)c(OC2CCCCC2O)c(Br)c1. The lowest BCUT2D eigenvalue weighted by molar-refractivity contribution is 0.00608. The van der Waals surface area contributed by atoms with Crippen LogP contribution in [0, 0.1) is 0 Å². The van der Waals surface area contributed by atoms with Crippen molar-refractivity contribution in [2.75, 3.05) is 6.54 Å². The van der Waals surface area contributed by atoms with Crippen LogP contribution in [-0.4, -0.2) is 23.9 Å². The van der Waals surface area contributed by atoms with E-state index in [0.717, 1.165) is 59.9 Å². The Hall–Kier alpha value is -0.100. The van der Waals surface area contributed by atoms with Crippen LogP contribution in [0.1, 0.15) is 44.6 Å². The van der Waals surface area contributed by atoms with E-state index in [9.17, 15) is 5.11 Å². The average Bonchev–Trinajstić information content (AvgIpc) is 2.45. The highest BCUT2D eigenvalue weighted by Gasteiger charge is 2.26. The lowest BCUT2D eigenvalue weighted by atomic mass is 9.95. The molecular formula is C16H23Br2NO2. The van der Waals surface area contributed by atoms with Gasteiger partial charge in [-0.25, -0.2) is 0 Å². The van der Waals surface area contributed by atoms with Gasteiger partial charge >= 0.3 is 0 Å². The van der Waals surface area contributed by atoms with Gasteiger partial charge in [-0.2, -0.15) is 0 Å². The van der Waals surface area contributed by atoms with Crippen molar-refractivity contribution in [3.8, 4) is 5.75 Å². The zero-order valence-corrected chi connectivity index (χ0v) is 15.5. The molecule has 0 amide bonds. The van der Waals surface area contributed by atoms with E-state index in [1.807, 2.05) is 0 Å². The van der Waals surface area contributed by atoms with Gasteiger partial charge in [0.1, 0.15) is 11.9 Å². The number of hydrogen-bond donors (Lipinski definition) is 2.